The number of amides is 3. The molecule has 3 aromatic rings. The first-order valence-corrected chi connectivity index (χ1v) is 10.5. The first-order valence-electron chi connectivity index (χ1n) is 9.64. The summed E-state index contributed by atoms with van der Waals surface area (Å²) in [4.78, 5) is 49.3. The third-order valence-electron chi connectivity index (χ3n) is 4.77. The molecular weight excluding hydrogens is 449 g/mol. The SMILES string of the molecule is O=C(CN1C(=O)SC(=Cc2cccn2-c2ccc(C(=O)O)cc2)C1=O)Nc1ccccc1F. The van der Waals surface area contributed by atoms with Crippen LogP contribution in [0.15, 0.2) is 71.8 Å². The molecule has 1 fully saturated rings. The summed E-state index contributed by atoms with van der Waals surface area (Å²) in [5.41, 5.74) is 1.35. The molecule has 1 aliphatic heterocycles. The van der Waals surface area contributed by atoms with Gasteiger partial charge in [-0.05, 0) is 66.4 Å². The Bertz CT molecular complexity index is 1300. The fourth-order valence-corrected chi connectivity index (χ4v) is 4.00. The van der Waals surface area contributed by atoms with E-state index in [1.807, 2.05) is 0 Å². The highest BCUT2D eigenvalue weighted by Crippen LogP contribution is 2.32. The molecule has 0 atom stereocenters. The van der Waals surface area contributed by atoms with Gasteiger partial charge in [-0.25, -0.2) is 9.18 Å². The predicted octanol–water partition coefficient (Wildman–Crippen LogP) is 3.99. The number of anilines is 1. The first-order chi connectivity index (χ1) is 15.8. The van der Waals surface area contributed by atoms with Crippen LogP contribution in [0.25, 0.3) is 11.8 Å². The monoisotopic (exact) mass is 465 g/mol. The van der Waals surface area contributed by atoms with Crippen molar-refractivity contribution in [3.8, 4) is 5.69 Å². The molecule has 0 spiro atoms. The number of rotatable bonds is 6. The van der Waals surface area contributed by atoms with Gasteiger partial charge in [0.2, 0.25) is 5.91 Å². The lowest BCUT2D eigenvalue weighted by Crippen LogP contribution is -2.36. The Labute approximate surface area is 191 Å². The molecule has 0 aliphatic carbocycles. The summed E-state index contributed by atoms with van der Waals surface area (Å²) >= 11 is 0.695. The van der Waals surface area contributed by atoms with Crippen LogP contribution in [0.4, 0.5) is 14.9 Å². The standard InChI is InChI=1S/C23H16FN3O5S/c24-17-5-1-2-6-18(17)25-20(28)13-27-21(29)19(33-23(27)32)12-16-4-3-11-26(16)15-9-7-14(8-10-15)22(30)31/h1-12H,13H2,(H,25,28)(H,30,31). The number of para-hydroxylation sites is 1. The van der Waals surface area contributed by atoms with Gasteiger partial charge >= 0.3 is 5.97 Å². The number of aromatic nitrogens is 1. The molecule has 8 nitrogen and oxygen atoms in total. The van der Waals surface area contributed by atoms with Gasteiger partial charge in [-0.3, -0.25) is 19.3 Å². The summed E-state index contributed by atoms with van der Waals surface area (Å²) in [5, 5.41) is 10.8. The van der Waals surface area contributed by atoms with E-state index in [1.165, 1.54) is 36.4 Å². The lowest BCUT2D eigenvalue weighted by Gasteiger charge is -2.12. The van der Waals surface area contributed by atoms with Crippen molar-refractivity contribution in [3.63, 3.8) is 0 Å². The summed E-state index contributed by atoms with van der Waals surface area (Å²) < 4.78 is 15.4. The number of benzene rings is 2. The minimum Gasteiger partial charge on any atom is -0.478 e. The normalized spacial score (nSPS) is 14.7. The highest BCUT2D eigenvalue weighted by atomic mass is 32.2. The zero-order valence-corrected chi connectivity index (χ0v) is 17.7. The summed E-state index contributed by atoms with van der Waals surface area (Å²) in [6.07, 6.45) is 3.25. The fourth-order valence-electron chi connectivity index (χ4n) is 3.18. The van der Waals surface area contributed by atoms with Crippen LogP contribution < -0.4 is 5.32 Å². The smallest absolute Gasteiger partial charge is 0.335 e. The van der Waals surface area contributed by atoms with Crippen molar-refractivity contribution in [1.82, 2.24) is 9.47 Å². The number of carbonyl (C=O) groups is 4. The van der Waals surface area contributed by atoms with Gasteiger partial charge in [-0.15, -0.1) is 0 Å². The van der Waals surface area contributed by atoms with E-state index < -0.39 is 35.4 Å². The Morgan fingerprint density at radius 2 is 1.76 bits per heavy atom. The van der Waals surface area contributed by atoms with E-state index in [9.17, 15) is 23.6 Å². The van der Waals surface area contributed by atoms with Gasteiger partial charge in [-0.2, -0.15) is 0 Å². The number of aromatic carboxylic acids is 1. The van der Waals surface area contributed by atoms with Gasteiger partial charge in [0.1, 0.15) is 12.4 Å². The van der Waals surface area contributed by atoms with Gasteiger partial charge in [-0.1, -0.05) is 12.1 Å². The summed E-state index contributed by atoms with van der Waals surface area (Å²) in [6.45, 7) is -0.548. The topological polar surface area (TPSA) is 109 Å². The number of thioether (sulfide) groups is 1. The van der Waals surface area contributed by atoms with Crippen molar-refractivity contribution in [1.29, 1.82) is 0 Å². The number of nitrogens with one attached hydrogen (secondary N) is 1. The number of halogens is 1. The van der Waals surface area contributed by atoms with Crippen LogP contribution in [-0.2, 0) is 9.59 Å². The van der Waals surface area contributed by atoms with Gasteiger partial charge in [0.05, 0.1) is 16.2 Å². The molecule has 0 unspecified atom stereocenters. The zero-order valence-electron chi connectivity index (χ0n) is 16.9. The molecule has 166 valence electrons. The maximum atomic E-state index is 13.7. The fraction of sp³-hybridized carbons (Fsp3) is 0.0435. The molecule has 0 radical (unpaired) electrons. The van der Waals surface area contributed by atoms with E-state index in [2.05, 4.69) is 5.32 Å². The zero-order chi connectivity index (χ0) is 23.5. The predicted molar refractivity (Wildman–Crippen MR) is 120 cm³/mol. The van der Waals surface area contributed by atoms with Gasteiger partial charge in [0.25, 0.3) is 11.1 Å². The van der Waals surface area contributed by atoms with Gasteiger partial charge < -0.3 is 15.0 Å². The minimum absolute atomic E-state index is 0.0447. The Kier molecular flexibility index (Phi) is 6.09. The second kappa shape index (κ2) is 9.13. The lowest BCUT2D eigenvalue weighted by molar-refractivity contribution is -0.127. The highest BCUT2D eigenvalue weighted by Gasteiger charge is 2.36. The van der Waals surface area contributed by atoms with Crippen LogP contribution >= 0.6 is 11.8 Å². The third kappa shape index (κ3) is 4.70. The Morgan fingerprint density at radius 3 is 2.45 bits per heavy atom. The number of hydrogen-bond acceptors (Lipinski definition) is 5. The van der Waals surface area contributed by atoms with E-state index in [0.29, 0.717) is 23.1 Å². The molecule has 0 bridgehead atoms. The van der Waals surface area contributed by atoms with Crippen molar-refractivity contribution >= 4 is 46.5 Å². The Balaban J connectivity index is 1.51. The number of hydrogen-bond donors (Lipinski definition) is 2. The van der Waals surface area contributed by atoms with E-state index in [4.69, 9.17) is 5.11 Å². The van der Waals surface area contributed by atoms with Crippen LogP contribution in [0.1, 0.15) is 16.1 Å². The molecular formula is C23H16FN3O5S. The average Bonchev–Trinajstić information content (AvgIpc) is 3.35. The molecule has 0 saturated carbocycles. The van der Waals surface area contributed by atoms with Crippen LogP contribution in [0, 0.1) is 5.82 Å². The molecule has 1 aliphatic rings. The molecule has 2 aromatic carbocycles. The second-order valence-corrected chi connectivity index (χ2v) is 7.94. The number of carboxylic acids is 1. The van der Waals surface area contributed by atoms with Crippen molar-refractivity contribution in [3.05, 3.63) is 88.8 Å². The van der Waals surface area contributed by atoms with Crippen molar-refractivity contribution in [2.45, 2.75) is 0 Å². The molecule has 2 N–H and O–H groups in total. The van der Waals surface area contributed by atoms with Gasteiger partial charge in [0, 0.05) is 17.6 Å². The molecule has 4 rings (SSSR count). The number of carboxylic acid groups (broad SMARTS) is 1. The Morgan fingerprint density at radius 1 is 1.03 bits per heavy atom. The lowest BCUT2D eigenvalue weighted by atomic mass is 10.2. The second-order valence-electron chi connectivity index (χ2n) is 6.95. The number of nitrogens with zero attached hydrogens (tertiary/aromatic N) is 2. The van der Waals surface area contributed by atoms with Crippen LogP contribution in [0.3, 0.4) is 0 Å². The van der Waals surface area contributed by atoms with Crippen molar-refractivity contribution in [2.24, 2.45) is 0 Å². The minimum atomic E-state index is -1.04. The maximum absolute atomic E-state index is 13.7. The summed E-state index contributed by atoms with van der Waals surface area (Å²) in [7, 11) is 0. The molecule has 3 amide bonds. The number of imide groups is 1. The molecule has 2 heterocycles. The quantitative estimate of drug-likeness (QED) is 0.533. The molecule has 1 aromatic heterocycles. The first kappa shape index (κ1) is 22.0. The maximum Gasteiger partial charge on any atom is 0.335 e. The highest BCUT2D eigenvalue weighted by molar-refractivity contribution is 8.18. The third-order valence-corrected chi connectivity index (χ3v) is 5.68. The molecule has 33 heavy (non-hydrogen) atoms. The van der Waals surface area contributed by atoms with Gasteiger partial charge in [0.15, 0.2) is 0 Å². The van der Waals surface area contributed by atoms with Crippen LogP contribution in [-0.4, -0.2) is 44.1 Å². The van der Waals surface area contributed by atoms with Crippen LogP contribution in [0.5, 0.6) is 0 Å². The molecule has 1 saturated heterocycles. The summed E-state index contributed by atoms with van der Waals surface area (Å²) in [5.74, 6) is -3.01. The Hall–Kier alpha value is -4.18. The largest absolute Gasteiger partial charge is 0.478 e. The van der Waals surface area contributed by atoms with E-state index in [1.54, 1.807) is 41.1 Å². The average molecular weight is 465 g/mol. The molecule has 10 heteroatoms. The summed E-state index contributed by atoms with van der Waals surface area (Å²) in [6, 6.07) is 15.2. The van der Waals surface area contributed by atoms with E-state index >= 15 is 0 Å². The number of carbonyl (C=O) groups excluding carboxylic acids is 3. The van der Waals surface area contributed by atoms with Crippen molar-refractivity contribution < 1.29 is 28.7 Å². The van der Waals surface area contributed by atoms with E-state index in [0.717, 1.165) is 4.90 Å². The van der Waals surface area contributed by atoms with Crippen molar-refractivity contribution in [2.75, 3.05) is 11.9 Å². The van der Waals surface area contributed by atoms with E-state index in [-0.39, 0.29) is 16.2 Å². The van der Waals surface area contributed by atoms with Crippen LogP contribution in [0.2, 0.25) is 0 Å².